The van der Waals surface area contributed by atoms with Crippen LogP contribution < -0.4 is 5.73 Å². The van der Waals surface area contributed by atoms with E-state index in [0.29, 0.717) is 13.0 Å². The predicted octanol–water partition coefficient (Wildman–Crippen LogP) is 1.29. The average molecular weight is 283 g/mol. The van der Waals surface area contributed by atoms with Gasteiger partial charge < -0.3 is 10.5 Å². The van der Waals surface area contributed by atoms with E-state index >= 15 is 0 Å². The van der Waals surface area contributed by atoms with Crippen molar-refractivity contribution in [3.8, 4) is 0 Å². The highest BCUT2D eigenvalue weighted by molar-refractivity contribution is 5.69. The third-order valence-electron chi connectivity index (χ3n) is 2.37. The zero-order valence-corrected chi connectivity index (χ0v) is 10.5. The van der Waals surface area contributed by atoms with Crippen molar-refractivity contribution in [1.82, 2.24) is 0 Å². The van der Waals surface area contributed by atoms with Crippen LogP contribution in [0.15, 0.2) is 18.2 Å². The SMILES string of the molecule is NCCCC(=O)OCc1cc([N+](=O)[O-])cc([N+](=O)[O-])c1. The minimum atomic E-state index is -0.743. The minimum absolute atomic E-state index is 0.132. The lowest BCUT2D eigenvalue weighted by molar-refractivity contribution is -0.394. The van der Waals surface area contributed by atoms with E-state index in [1.165, 1.54) is 0 Å². The van der Waals surface area contributed by atoms with Gasteiger partial charge in [0.05, 0.1) is 15.9 Å². The number of nitro groups is 2. The molecule has 0 atom stereocenters. The number of rotatable bonds is 7. The van der Waals surface area contributed by atoms with Crippen molar-refractivity contribution < 1.29 is 19.4 Å². The second-order valence-electron chi connectivity index (χ2n) is 3.92. The van der Waals surface area contributed by atoms with Crippen LogP contribution >= 0.6 is 0 Å². The number of nitro benzene ring substituents is 2. The zero-order valence-electron chi connectivity index (χ0n) is 10.5. The Kier molecular flexibility index (Phi) is 5.54. The first-order valence-corrected chi connectivity index (χ1v) is 5.72. The molecule has 0 heterocycles. The molecular weight excluding hydrogens is 270 g/mol. The first-order valence-electron chi connectivity index (χ1n) is 5.72. The molecule has 9 heteroatoms. The van der Waals surface area contributed by atoms with Gasteiger partial charge in [0, 0.05) is 24.1 Å². The zero-order chi connectivity index (χ0) is 15.1. The molecule has 0 aliphatic rings. The lowest BCUT2D eigenvalue weighted by atomic mass is 10.2. The Morgan fingerprint density at radius 2 is 1.70 bits per heavy atom. The molecule has 0 spiro atoms. The van der Waals surface area contributed by atoms with E-state index in [0.717, 1.165) is 18.2 Å². The van der Waals surface area contributed by atoms with Crippen LogP contribution in [-0.2, 0) is 16.1 Å². The molecule has 1 rings (SSSR count). The van der Waals surface area contributed by atoms with Crippen LogP contribution in [0.1, 0.15) is 18.4 Å². The molecule has 0 bridgehead atoms. The Labute approximate surface area is 113 Å². The Morgan fingerprint density at radius 1 is 1.15 bits per heavy atom. The van der Waals surface area contributed by atoms with Crippen LogP contribution in [0.3, 0.4) is 0 Å². The number of ether oxygens (including phenoxy) is 1. The summed E-state index contributed by atoms with van der Waals surface area (Å²) in [5, 5.41) is 21.3. The van der Waals surface area contributed by atoms with Crippen LogP contribution in [-0.4, -0.2) is 22.4 Å². The number of esters is 1. The molecule has 1 aromatic rings. The summed E-state index contributed by atoms with van der Waals surface area (Å²) in [5.74, 6) is -0.510. The fourth-order valence-electron chi connectivity index (χ4n) is 1.43. The monoisotopic (exact) mass is 283 g/mol. The summed E-state index contributed by atoms with van der Waals surface area (Å²) in [6.07, 6.45) is 0.599. The quantitative estimate of drug-likeness (QED) is 0.451. The second-order valence-corrected chi connectivity index (χ2v) is 3.92. The number of carbonyl (C=O) groups excluding carboxylic acids is 1. The highest BCUT2D eigenvalue weighted by Crippen LogP contribution is 2.23. The number of nitrogens with two attached hydrogens (primary N) is 1. The lowest BCUT2D eigenvalue weighted by Gasteiger charge is -2.04. The van der Waals surface area contributed by atoms with E-state index in [9.17, 15) is 25.0 Å². The van der Waals surface area contributed by atoms with Crippen LogP contribution in [0, 0.1) is 20.2 Å². The van der Waals surface area contributed by atoms with Gasteiger partial charge in [0.1, 0.15) is 6.61 Å². The van der Waals surface area contributed by atoms with Gasteiger partial charge >= 0.3 is 5.97 Å². The molecule has 0 amide bonds. The molecule has 108 valence electrons. The normalized spacial score (nSPS) is 10.1. The maximum atomic E-state index is 11.3. The first kappa shape index (κ1) is 15.5. The summed E-state index contributed by atoms with van der Waals surface area (Å²) in [6.45, 7) is 0.0866. The van der Waals surface area contributed by atoms with Crippen molar-refractivity contribution in [3.63, 3.8) is 0 Å². The van der Waals surface area contributed by atoms with Gasteiger partial charge in [-0.3, -0.25) is 25.0 Å². The van der Waals surface area contributed by atoms with Gasteiger partial charge in [0.25, 0.3) is 11.4 Å². The highest BCUT2D eigenvalue weighted by Gasteiger charge is 2.17. The molecule has 9 nitrogen and oxygen atoms in total. The van der Waals surface area contributed by atoms with E-state index in [-0.39, 0.29) is 18.6 Å². The van der Waals surface area contributed by atoms with Gasteiger partial charge in [-0.2, -0.15) is 0 Å². The lowest BCUT2D eigenvalue weighted by Crippen LogP contribution is -2.08. The maximum absolute atomic E-state index is 11.3. The average Bonchev–Trinajstić information content (AvgIpc) is 2.42. The Bertz CT molecular complexity index is 499. The summed E-state index contributed by atoms with van der Waals surface area (Å²) in [7, 11) is 0. The summed E-state index contributed by atoms with van der Waals surface area (Å²) >= 11 is 0. The molecule has 0 aromatic heterocycles. The Balaban J connectivity index is 2.81. The molecule has 0 saturated heterocycles. The number of nitrogens with zero attached hydrogens (tertiary/aromatic N) is 2. The first-order chi connectivity index (χ1) is 9.43. The summed E-state index contributed by atoms with van der Waals surface area (Å²) in [6, 6.07) is 3.10. The minimum Gasteiger partial charge on any atom is -0.461 e. The Morgan fingerprint density at radius 3 is 2.15 bits per heavy atom. The van der Waals surface area contributed by atoms with Crippen molar-refractivity contribution >= 4 is 17.3 Å². The van der Waals surface area contributed by atoms with Gasteiger partial charge in [-0.1, -0.05) is 0 Å². The smallest absolute Gasteiger partial charge is 0.306 e. The van der Waals surface area contributed by atoms with Crippen molar-refractivity contribution in [2.45, 2.75) is 19.4 Å². The Hall–Kier alpha value is -2.55. The van der Waals surface area contributed by atoms with Gasteiger partial charge in [-0.15, -0.1) is 0 Å². The molecule has 2 N–H and O–H groups in total. The number of non-ortho nitro benzene ring substituents is 2. The van der Waals surface area contributed by atoms with Crippen LogP contribution in [0.5, 0.6) is 0 Å². The van der Waals surface area contributed by atoms with Crippen LogP contribution in [0.4, 0.5) is 11.4 Å². The molecule has 0 radical (unpaired) electrons. The standard InChI is InChI=1S/C11H13N3O6/c12-3-1-2-11(15)20-7-8-4-9(13(16)17)6-10(5-8)14(18)19/h4-6H,1-3,7,12H2. The number of benzene rings is 1. The van der Waals surface area contributed by atoms with Crippen LogP contribution in [0.25, 0.3) is 0 Å². The van der Waals surface area contributed by atoms with Crippen molar-refractivity contribution in [3.05, 3.63) is 44.0 Å². The van der Waals surface area contributed by atoms with Crippen molar-refractivity contribution in [2.24, 2.45) is 5.73 Å². The molecule has 20 heavy (non-hydrogen) atoms. The van der Waals surface area contributed by atoms with Gasteiger partial charge in [-0.25, -0.2) is 0 Å². The number of hydrogen-bond acceptors (Lipinski definition) is 7. The van der Waals surface area contributed by atoms with E-state index < -0.39 is 27.2 Å². The molecular formula is C11H13N3O6. The predicted molar refractivity (Wildman–Crippen MR) is 67.8 cm³/mol. The van der Waals surface area contributed by atoms with E-state index in [1.54, 1.807) is 0 Å². The fourth-order valence-corrected chi connectivity index (χ4v) is 1.43. The maximum Gasteiger partial charge on any atom is 0.306 e. The fraction of sp³-hybridized carbons (Fsp3) is 0.364. The summed E-state index contributed by atoms with van der Waals surface area (Å²) < 4.78 is 4.86. The van der Waals surface area contributed by atoms with E-state index in [1.807, 2.05) is 0 Å². The third-order valence-corrected chi connectivity index (χ3v) is 2.37. The van der Waals surface area contributed by atoms with Gasteiger partial charge in [0.15, 0.2) is 0 Å². The molecule has 0 aliphatic heterocycles. The van der Waals surface area contributed by atoms with Gasteiger partial charge in [-0.05, 0) is 13.0 Å². The molecule has 0 fully saturated rings. The highest BCUT2D eigenvalue weighted by atomic mass is 16.6. The second kappa shape index (κ2) is 7.14. The summed E-state index contributed by atoms with van der Waals surface area (Å²) in [5.41, 5.74) is 4.57. The molecule has 0 unspecified atom stereocenters. The molecule has 1 aromatic carbocycles. The van der Waals surface area contributed by atoms with E-state index in [4.69, 9.17) is 10.5 Å². The van der Waals surface area contributed by atoms with E-state index in [2.05, 4.69) is 0 Å². The van der Waals surface area contributed by atoms with Crippen molar-refractivity contribution in [1.29, 1.82) is 0 Å². The van der Waals surface area contributed by atoms with Gasteiger partial charge in [0.2, 0.25) is 0 Å². The molecule has 0 saturated carbocycles. The molecule has 0 aliphatic carbocycles. The number of hydrogen-bond donors (Lipinski definition) is 1. The summed E-state index contributed by atoms with van der Waals surface area (Å²) in [4.78, 5) is 31.1. The topological polar surface area (TPSA) is 139 Å². The number of carbonyl (C=O) groups is 1. The third kappa shape index (κ3) is 4.61. The van der Waals surface area contributed by atoms with Crippen LogP contribution in [0.2, 0.25) is 0 Å². The largest absolute Gasteiger partial charge is 0.461 e. The van der Waals surface area contributed by atoms with Crippen molar-refractivity contribution in [2.75, 3.05) is 6.54 Å².